The lowest BCUT2D eigenvalue weighted by Crippen LogP contribution is -2.54. The number of hydrogen-bond donors (Lipinski definition) is 4. The minimum Gasteiger partial charge on any atom is -0.357 e. The van der Waals surface area contributed by atoms with E-state index in [0.717, 1.165) is 11.1 Å². The molecule has 7 heteroatoms. The molecule has 0 aromatic heterocycles. The molecule has 0 spiro atoms. The lowest BCUT2D eigenvalue weighted by molar-refractivity contribution is -0.123. The van der Waals surface area contributed by atoms with Gasteiger partial charge in [0.05, 0.1) is 0 Å². The quantitative estimate of drug-likeness (QED) is 0.415. The number of benzene rings is 2. The SMILES string of the molecule is Cc1ccccc1C(=O)NC(CC(C)C)C(=O)NNC(=S)NCc1ccccc1. The van der Waals surface area contributed by atoms with Crippen LogP contribution in [-0.4, -0.2) is 23.0 Å². The maximum absolute atomic E-state index is 12.6. The summed E-state index contributed by atoms with van der Waals surface area (Å²) >= 11 is 5.20. The van der Waals surface area contributed by atoms with Crippen LogP contribution in [0.3, 0.4) is 0 Å². The lowest BCUT2D eigenvalue weighted by atomic mass is 10.0. The first-order chi connectivity index (χ1) is 13.9. The molecule has 0 aliphatic heterocycles. The van der Waals surface area contributed by atoms with E-state index >= 15 is 0 Å². The molecule has 2 aromatic rings. The average Bonchev–Trinajstić information content (AvgIpc) is 2.70. The monoisotopic (exact) mass is 412 g/mol. The van der Waals surface area contributed by atoms with Crippen LogP contribution < -0.4 is 21.5 Å². The second kappa shape index (κ2) is 11.2. The van der Waals surface area contributed by atoms with Crippen molar-refractivity contribution in [3.63, 3.8) is 0 Å². The molecule has 2 aromatic carbocycles. The number of aryl methyl sites for hydroxylation is 1. The normalized spacial score (nSPS) is 11.4. The van der Waals surface area contributed by atoms with Crippen molar-refractivity contribution in [2.24, 2.45) is 5.92 Å². The highest BCUT2D eigenvalue weighted by Crippen LogP contribution is 2.10. The predicted molar refractivity (Wildman–Crippen MR) is 119 cm³/mol. The molecule has 0 saturated heterocycles. The van der Waals surface area contributed by atoms with E-state index < -0.39 is 6.04 Å². The van der Waals surface area contributed by atoms with E-state index in [2.05, 4.69) is 21.5 Å². The Morgan fingerprint density at radius 1 is 0.966 bits per heavy atom. The third kappa shape index (κ3) is 7.54. The Morgan fingerprint density at radius 3 is 2.28 bits per heavy atom. The smallest absolute Gasteiger partial charge is 0.260 e. The van der Waals surface area contributed by atoms with Crippen molar-refractivity contribution in [3.05, 3.63) is 71.3 Å². The topological polar surface area (TPSA) is 82.3 Å². The number of amides is 2. The number of rotatable bonds is 7. The molecule has 0 aliphatic carbocycles. The van der Waals surface area contributed by atoms with E-state index in [1.807, 2.05) is 63.2 Å². The van der Waals surface area contributed by atoms with Crippen molar-refractivity contribution in [2.75, 3.05) is 0 Å². The number of hydrazine groups is 1. The van der Waals surface area contributed by atoms with Crippen molar-refractivity contribution in [2.45, 2.75) is 39.8 Å². The number of carbonyl (C=O) groups excluding carboxylic acids is 2. The first kappa shape index (κ1) is 22.4. The minimum absolute atomic E-state index is 0.228. The Labute approximate surface area is 177 Å². The van der Waals surface area contributed by atoms with Gasteiger partial charge in [-0.25, -0.2) is 0 Å². The first-order valence-electron chi connectivity index (χ1n) is 9.61. The molecule has 0 saturated carbocycles. The zero-order valence-electron chi connectivity index (χ0n) is 17.0. The average molecular weight is 413 g/mol. The number of thiocarbonyl (C=S) groups is 1. The molecule has 4 N–H and O–H groups in total. The summed E-state index contributed by atoms with van der Waals surface area (Å²) < 4.78 is 0. The highest BCUT2D eigenvalue weighted by atomic mass is 32.1. The van der Waals surface area contributed by atoms with E-state index in [1.165, 1.54) is 0 Å². The minimum atomic E-state index is -0.675. The van der Waals surface area contributed by atoms with Gasteiger partial charge in [0.1, 0.15) is 6.04 Å². The Morgan fingerprint density at radius 2 is 1.62 bits per heavy atom. The summed E-state index contributed by atoms with van der Waals surface area (Å²) in [6.07, 6.45) is 0.509. The molecule has 0 bridgehead atoms. The summed E-state index contributed by atoms with van der Waals surface area (Å²) in [5.41, 5.74) is 7.78. The molecule has 0 fully saturated rings. The highest BCUT2D eigenvalue weighted by Gasteiger charge is 2.23. The van der Waals surface area contributed by atoms with Gasteiger partial charge in [-0.2, -0.15) is 0 Å². The van der Waals surface area contributed by atoms with Crippen LogP contribution in [0.25, 0.3) is 0 Å². The fraction of sp³-hybridized carbons (Fsp3) is 0.318. The summed E-state index contributed by atoms with van der Waals surface area (Å²) in [5, 5.41) is 6.16. The Balaban J connectivity index is 1.90. The summed E-state index contributed by atoms with van der Waals surface area (Å²) in [5.74, 6) is -0.385. The van der Waals surface area contributed by atoms with Crippen LogP contribution >= 0.6 is 12.2 Å². The summed E-state index contributed by atoms with van der Waals surface area (Å²) in [4.78, 5) is 25.2. The van der Waals surface area contributed by atoms with E-state index in [-0.39, 0.29) is 17.7 Å². The van der Waals surface area contributed by atoms with Gasteiger partial charge in [0.2, 0.25) is 0 Å². The van der Waals surface area contributed by atoms with Gasteiger partial charge < -0.3 is 10.6 Å². The summed E-state index contributed by atoms with van der Waals surface area (Å²) in [7, 11) is 0. The first-order valence-corrected chi connectivity index (χ1v) is 10.0. The summed E-state index contributed by atoms with van der Waals surface area (Å²) in [6.45, 7) is 6.41. The number of carbonyl (C=O) groups is 2. The van der Waals surface area contributed by atoms with Gasteiger partial charge in [-0.15, -0.1) is 0 Å². The van der Waals surface area contributed by atoms with Crippen molar-refractivity contribution in [1.82, 2.24) is 21.5 Å². The molecule has 154 valence electrons. The van der Waals surface area contributed by atoms with E-state index in [9.17, 15) is 9.59 Å². The molecular weight excluding hydrogens is 384 g/mol. The molecule has 0 radical (unpaired) electrons. The summed E-state index contributed by atoms with van der Waals surface area (Å²) in [6, 6.07) is 16.4. The molecule has 0 aliphatic rings. The van der Waals surface area contributed by atoms with Crippen LogP contribution in [0.2, 0.25) is 0 Å². The third-order valence-electron chi connectivity index (χ3n) is 4.31. The maximum Gasteiger partial charge on any atom is 0.260 e. The second-order valence-corrected chi connectivity index (χ2v) is 7.66. The van der Waals surface area contributed by atoms with Crippen LogP contribution in [0, 0.1) is 12.8 Å². The largest absolute Gasteiger partial charge is 0.357 e. The third-order valence-corrected chi connectivity index (χ3v) is 4.56. The van der Waals surface area contributed by atoms with Gasteiger partial charge in [-0.05, 0) is 48.7 Å². The van der Waals surface area contributed by atoms with Gasteiger partial charge in [0.25, 0.3) is 11.8 Å². The van der Waals surface area contributed by atoms with Crippen molar-refractivity contribution >= 4 is 29.1 Å². The maximum atomic E-state index is 12.6. The van der Waals surface area contributed by atoms with Crippen LogP contribution in [-0.2, 0) is 11.3 Å². The Bertz CT molecular complexity index is 840. The van der Waals surface area contributed by atoms with Gasteiger partial charge in [-0.1, -0.05) is 62.4 Å². The van der Waals surface area contributed by atoms with E-state index in [4.69, 9.17) is 12.2 Å². The van der Waals surface area contributed by atoms with Crippen LogP contribution in [0.1, 0.15) is 41.8 Å². The molecule has 2 rings (SSSR count). The second-order valence-electron chi connectivity index (χ2n) is 7.25. The van der Waals surface area contributed by atoms with Gasteiger partial charge in [0, 0.05) is 12.1 Å². The predicted octanol–water partition coefficient (Wildman–Crippen LogP) is 2.84. The van der Waals surface area contributed by atoms with E-state index in [0.29, 0.717) is 23.6 Å². The fourth-order valence-corrected chi connectivity index (χ4v) is 2.92. The molecule has 6 nitrogen and oxygen atoms in total. The van der Waals surface area contributed by atoms with Gasteiger partial charge >= 0.3 is 0 Å². The molecule has 1 atom stereocenters. The molecular formula is C22H28N4O2S. The standard InChI is InChI=1S/C22H28N4O2S/c1-15(2)13-19(24-20(27)18-12-8-7-9-16(18)3)21(28)25-26-22(29)23-14-17-10-5-4-6-11-17/h4-12,15,19H,13-14H2,1-3H3,(H,24,27)(H,25,28)(H2,23,26,29). The van der Waals surface area contributed by atoms with Crippen LogP contribution in [0.4, 0.5) is 0 Å². The Kier molecular flexibility index (Phi) is 8.61. The van der Waals surface area contributed by atoms with Gasteiger partial charge in [-0.3, -0.25) is 20.4 Å². The van der Waals surface area contributed by atoms with Crippen LogP contribution in [0.5, 0.6) is 0 Å². The molecule has 1 unspecified atom stereocenters. The van der Waals surface area contributed by atoms with Crippen molar-refractivity contribution in [1.29, 1.82) is 0 Å². The van der Waals surface area contributed by atoms with Gasteiger partial charge in [0.15, 0.2) is 5.11 Å². The van der Waals surface area contributed by atoms with Crippen molar-refractivity contribution in [3.8, 4) is 0 Å². The zero-order valence-corrected chi connectivity index (χ0v) is 17.8. The fourth-order valence-electron chi connectivity index (χ4n) is 2.79. The molecule has 29 heavy (non-hydrogen) atoms. The number of hydrogen-bond acceptors (Lipinski definition) is 3. The van der Waals surface area contributed by atoms with Crippen LogP contribution in [0.15, 0.2) is 54.6 Å². The Hall–Kier alpha value is -2.93. The molecule has 0 heterocycles. The zero-order chi connectivity index (χ0) is 21.2. The number of nitrogens with one attached hydrogen (secondary N) is 4. The lowest BCUT2D eigenvalue weighted by Gasteiger charge is -2.21. The van der Waals surface area contributed by atoms with E-state index in [1.54, 1.807) is 12.1 Å². The highest BCUT2D eigenvalue weighted by molar-refractivity contribution is 7.80. The van der Waals surface area contributed by atoms with Crippen molar-refractivity contribution < 1.29 is 9.59 Å². The molecule has 2 amide bonds.